The summed E-state index contributed by atoms with van der Waals surface area (Å²) in [6.07, 6.45) is 1.52. The Morgan fingerprint density at radius 1 is 1.28 bits per heavy atom. The van der Waals surface area contributed by atoms with E-state index in [0.717, 1.165) is 6.07 Å². The Balaban J connectivity index is 2.43. The number of esters is 1. The molecule has 0 atom stereocenters. The van der Waals surface area contributed by atoms with Gasteiger partial charge < -0.3 is 14.5 Å². The summed E-state index contributed by atoms with van der Waals surface area (Å²) in [5.41, 5.74) is 0.367. The van der Waals surface area contributed by atoms with Crippen LogP contribution in [0.1, 0.15) is 30.0 Å². The number of hydrogen-bond acceptors (Lipinski definition) is 7. The van der Waals surface area contributed by atoms with Crippen LogP contribution < -0.4 is 5.32 Å². The molecule has 1 aromatic carbocycles. The molecule has 2 aromatic rings. The Kier molecular flexibility index (Phi) is 6.46. The fraction of sp³-hybridized carbons (Fsp3) is 0.312. The molecule has 136 valence electrons. The topological polar surface area (TPSA) is 94.8 Å². The van der Waals surface area contributed by atoms with Gasteiger partial charge in [0.25, 0.3) is 10.1 Å². The molecule has 0 bridgehead atoms. The molecule has 0 spiro atoms. The molecule has 7 nitrogen and oxygen atoms in total. The van der Waals surface area contributed by atoms with Gasteiger partial charge in [0.1, 0.15) is 10.7 Å². The number of benzene rings is 1. The molecule has 0 aliphatic heterocycles. The van der Waals surface area contributed by atoms with Crippen LogP contribution in [0.4, 0.5) is 5.69 Å². The monoisotopic (exact) mass is 387 g/mol. The first-order valence-corrected chi connectivity index (χ1v) is 9.34. The second kappa shape index (κ2) is 8.37. The number of nitrogens with one attached hydrogen (secondary N) is 1. The van der Waals surface area contributed by atoms with Gasteiger partial charge in [-0.25, -0.2) is 4.79 Å². The van der Waals surface area contributed by atoms with Crippen molar-refractivity contribution in [3.05, 3.63) is 46.9 Å². The van der Waals surface area contributed by atoms with E-state index in [-0.39, 0.29) is 35.2 Å². The van der Waals surface area contributed by atoms with Gasteiger partial charge in [0.05, 0.1) is 42.3 Å². The summed E-state index contributed by atoms with van der Waals surface area (Å²) in [5.74, 6) is -0.0361. The van der Waals surface area contributed by atoms with Crippen molar-refractivity contribution in [1.29, 1.82) is 0 Å². The lowest BCUT2D eigenvalue weighted by Gasteiger charge is -2.14. The van der Waals surface area contributed by atoms with E-state index in [1.165, 1.54) is 19.3 Å². The van der Waals surface area contributed by atoms with Crippen LogP contribution in [-0.2, 0) is 25.6 Å². The normalized spacial score (nSPS) is 11.3. The number of anilines is 1. The highest BCUT2D eigenvalue weighted by Crippen LogP contribution is 2.31. The zero-order chi connectivity index (χ0) is 18.4. The SMILES string of the molecule is CCOC(=O)c1cc(S(=O)(=O)OCC)c(Cl)cc1NCc1ccco1. The molecule has 1 N–H and O–H groups in total. The van der Waals surface area contributed by atoms with Crippen molar-refractivity contribution in [2.45, 2.75) is 25.3 Å². The lowest BCUT2D eigenvalue weighted by atomic mass is 10.1. The number of rotatable bonds is 8. The molecule has 0 unspecified atom stereocenters. The second-order valence-electron chi connectivity index (χ2n) is 4.84. The predicted molar refractivity (Wildman–Crippen MR) is 92.3 cm³/mol. The minimum absolute atomic E-state index is 0.0380. The van der Waals surface area contributed by atoms with E-state index in [4.69, 9.17) is 24.9 Å². The summed E-state index contributed by atoms with van der Waals surface area (Å²) in [6.45, 7) is 3.57. The molecule has 0 fully saturated rings. The largest absolute Gasteiger partial charge is 0.467 e. The highest BCUT2D eigenvalue weighted by atomic mass is 35.5. The van der Waals surface area contributed by atoms with Crippen LogP contribution in [0.3, 0.4) is 0 Å². The Morgan fingerprint density at radius 3 is 2.64 bits per heavy atom. The lowest BCUT2D eigenvalue weighted by Crippen LogP contribution is -2.13. The molecule has 1 heterocycles. The first-order chi connectivity index (χ1) is 11.9. The molecule has 1 aromatic heterocycles. The molecule has 0 saturated carbocycles. The van der Waals surface area contributed by atoms with Gasteiger partial charge in [0, 0.05) is 0 Å². The van der Waals surface area contributed by atoms with E-state index < -0.39 is 16.1 Å². The van der Waals surface area contributed by atoms with Gasteiger partial charge in [-0.15, -0.1) is 0 Å². The quantitative estimate of drug-likeness (QED) is 0.547. The van der Waals surface area contributed by atoms with Gasteiger partial charge in [0.15, 0.2) is 0 Å². The smallest absolute Gasteiger partial charge is 0.340 e. The molecule has 0 aliphatic carbocycles. The van der Waals surface area contributed by atoms with Gasteiger partial charge in [-0.1, -0.05) is 11.6 Å². The van der Waals surface area contributed by atoms with Crippen molar-refractivity contribution in [2.24, 2.45) is 0 Å². The van der Waals surface area contributed by atoms with Crippen molar-refractivity contribution in [3.8, 4) is 0 Å². The minimum atomic E-state index is -4.07. The summed E-state index contributed by atoms with van der Waals surface area (Å²) < 4.78 is 39.3. The van der Waals surface area contributed by atoms with Crippen LogP contribution in [0.25, 0.3) is 0 Å². The molecule has 0 amide bonds. The molecule has 0 radical (unpaired) electrons. The van der Waals surface area contributed by atoms with Crippen molar-refractivity contribution in [2.75, 3.05) is 18.5 Å². The van der Waals surface area contributed by atoms with Crippen molar-refractivity contribution in [1.82, 2.24) is 0 Å². The second-order valence-corrected chi connectivity index (χ2v) is 6.83. The predicted octanol–water partition coefficient (Wildman–Crippen LogP) is 3.45. The first-order valence-electron chi connectivity index (χ1n) is 7.55. The Hall–Kier alpha value is -2.03. The van der Waals surface area contributed by atoms with Crippen LogP contribution in [0, 0.1) is 0 Å². The Bertz CT molecular complexity index is 833. The lowest BCUT2D eigenvalue weighted by molar-refractivity contribution is 0.0527. The third kappa shape index (κ3) is 4.75. The van der Waals surface area contributed by atoms with Crippen LogP contribution in [0.5, 0.6) is 0 Å². The summed E-state index contributed by atoms with van der Waals surface area (Å²) in [7, 11) is -4.07. The van der Waals surface area contributed by atoms with E-state index in [2.05, 4.69) is 5.32 Å². The van der Waals surface area contributed by atoms with Crippen molar-refractivity contribution in [3.63, 3.8) is 0 Å². The third-order valence-corrected chi connectivity index (χ3v) is 4.99. The molecular formula is C16H18ClNO6S. The average molecular weight is 388 g/mol. The number of halogens is 1. The zero-order valence-electron chi connectivity index (χ0n) is 13.7. The molecule has 0 aliphatic rings. The van der Waals surface area contributed by atoms with E-state index >= 15 is 0 Å². The molecule has 2 rings (SSSR count). The van der Waals surface area contributed by atoms with Crippen LogP contribution in [0.2, 0.25) is 5.02 Å². The highest BCUT2D eigenvalue weighted by molar-refractivity contribution is 7.86. The van der Waals surface area contributed by atoms with E-state index in [0.29, 0.717) is 11.4 Å². The first kappa shape index (κ1) is 19.3. The van der Waals surface area contributed by atoms with Crippen LogP contribution in [-0.4, -0.2) is 27.6 Å². The van der Waals surface area contributed by atoms with E-state index in [1.807, 2.05) is 0 Å². The Labute approximate surface area is 151 Å². The fourth-order valence-corrected chi connectivity index (χ4v) is 3.53. The maximum atomic E-state index is 12.2. The number of carbonyl (C=O) groups excluding carboxylic acids is 1. The standard InChI is InChI=1S/C16H18ClNO6S/c1-3-22-16(19)12-8-15(25(20,21)24-4-2)13(17)9-14(12)18-10-11-6-5-7-23-11/h5-9,18H,3-4,10H2,1-2H3. The van der Waals surface area contributed by atoms with Gasteiger partial charge in [-0.3, -0.25) is 4.18 Å². The maximum Gasteiger partial charge on any atom is 0.340 e. The molecule has 9 heteroatoms. The number of hydrogen-bond donors (Lipinski definition) is 1. The fourth-order valence-electron chi connectivity index (χ4n) is 2.08. The van der Waals surface area contributed by atoms with Gasteiger partial charge in [-0.2, -0.15) is 8.42 Å². The van der Waals surface area contributed by atoms with Gasteiger partial charge in [0.2, 0.25) is 0 Å². The van der Waals surface area contributed by atoms with Crippen LogP contribution in [0.15, 0.2) is 39.8 Å². The summed E-state index contributed by atoms with van der Waals surface area (Å²) >= 11 is 6.09. The Morgan fingerprint density at radius 2 is 2.04 bits per heavy atom. The number of furan rings is 1. The van der Waals surface area contributed by atoms with E-state index in [9.17, 15) is 13.2 Å². The van der Waals surface area contributed by atoms with Gasteiger partial charge >= 0.3 is 5.97 Å². The maximum absolute atomic E-state index is 12.2. The summed E-state index contributed by atoms with van der Waals surface area (Å²) in [6, 6.07) is 5.99. The van der Waals surface area contributed by atoms with Gasteiger partial charge in [-0.05, 0) is 38.1 Å². The van der Waals surface area contributed by atoms with E-state index in [1.54, 1.807) is 19.1 Å². The molecule has 0 saturated heterocycles. The van der Waals surface area contributed by atoms with Crippen molar-refractivity contribution >= 4 is 33.4 Å². The highest BCUT2D eigenvalue weighted by Gasteiger charge is 2.24. The molecular weight excluding hydrogens is 370 g/mol. The number of carbonyl (C=O) groups is 1. The van der Waals surface area contributed by atoms with Crippen molar-refractivity contribution < 1.29 is 26.5 Å². The molecule has 25 heavy (non-hydrogen) atoms. The zero-order valence-corrected chi connectivity index (χ0v) is 15.3. The average Bonchev–Trinajstić information content (AvgIpc) is 3.06. The summed E-state index contributed by atoms with van der Waals surface area (Å²) in [5, 5.41) is 2.93. The minimum Gasteiger partial charge on any atom is -0.467 e. The third-order valence-electron chi connectivity index (χ3n) is 3.14. The number of ether oxygens (including phenoxy) is 1. The van der Waals surface area contributed by atoms with Crippen LogP contribution >= 0.6 is 11.6 Å². The summed E-state index contributed by atoms with van der Waals surface area (Å²) in [4.78, 5) is 11.9.